The lowest BCUT2D eigenvalue weighted by Crippen LogP contribution is -2.48. The molecule has 11 heteroatoms. The summed E-state index contributed by atoms with van der Waals surface area (Å²) in [5.74, 6) is -1.42. The number of anilines is 1. The molecule has 0 atom stereocenters. The average Bonchev–Trinajstić information content (AvgIpc) is 3.14. The number of aromatic nitrogens is 3. The number of carbonyl (C=O) groups is 1. The van der Waals surface area contributed by atoms with E-state index < -0.39 is 17.7 Å². The van der Waals surface area contributed by atoms with Crippen molar-refractivity contribution in [2.45, 2.75) is 6.54 Å². The van der Waals surface area contributed by atoms with Crippen LogP contribution in [0.5, 0.6) is 0 Å². The van der Waals surface area contributed by atoms with Crippen molar-refractivity contribution < 1.29 is 18.3 Å². The maximum Gasteiger partial charge on any atom is 0.328 e. The van der Waals surface area contributed by atoms with Gasteiger partial charge >= 0.3 is 11.7 Å². The number of nitrogens with zero attached hydrogens (tertiary/aromatic N) is 5. The number of aryl methyl sites for hydroxylation is 1. The molecule has 1 fully saturated rings. The number of imidazole rings is 1. The molecule has 194 valence electrons. The first-order chi connectivity index (χ1) is 17.8. The predicted octanol–water partition coefficient (Wildman–Crippen LogP) is 3.26. The molecule has 5 rings (SSSR count). The Bertz CT molecular complexity index is 1560. The monoisotopic (exact) mass is 510 g/mol. The van der Waals surface area contributed by atoms with Gasteiger partial charge in [-0.15, -0.1) is 0 Å². The minimum Gasteiger partial charge on any atom is -0.383 e. The molecule has 0 bridgehead atoms. The summed E-state index contributed by atoms with van der Waals surface area (Å²) in [6.45, 7) is 3.13. The molecule has 0 unspecified atom stereocenters. The molecule has 2 aromatic carbocycles. The number of amides is 2. The standard InChI is InChI=1S/C26H28F2N6O3/c1-31-6-8-33(9-7-31)25(35)30-22-14-19(27)17(13-20(22)28)16-4-5-21-18(12-16)24-23(15-29-21)32(2)26(36)34(24)10-11-37-3/h4-5,12-15H,6-11H2,1-3H3,(H,30,35). The molecule has 0 aliphatic carbocycles. The van der Waals surface area contributed by atoms with Gasteiger partial charge in [0.05, 0.1) is 41.6 Å². The van der Waals surface area contributed by atoms with Crippen molar-refractivity contribution in [2.24, 2.45) is 7.05 Å². The Hall–Kier alpha value is -3.83. The first-order valence-corrected chi connectivity index (χ1v) is 12.0. The second-order valence-electron chi connectivity index (χ2n) is 9.24. The van der Waals surface area contributed by atoms with Crippen LogP contribution in [-0.4, -0.2) is 76.9 Å². The van der Waals surface area contributed by atoms with E-state index in [2.05, 4.69) is 15.2 Å². The second kappa shape index (κ2) is 9.91. The summed E-state index contributed by atoms with van der Waals surface area (Å²) < 4.78 is 38.6. The van der Waals surface area contributed by atoms with Crippen molar-refractivity contribution in [3.8, 4) is 11.1 Å². The molecule has 0 saturated carbocycles. The van der Waals surface area contributed by atoms with Gasteiger partial charge in [0.2, 0.25) is 0 Å². The van der Waals surface area contributed by atoms with Gasteiger partial charge in [-0.3, -0.25) is 14.1 Å². The minimum atomic E-state index is -0.743. The van der Waals surface area contributed by atoms with Crippen molar-refractivity contribution in [3.63, 3.8) is 0 Å². The van der Waals surface area contributed by atoms with Crippen LogP contribution in [0.4, 0.5) is 19.3 Å². The Morgan fingerprint density at radius 2 is 1.84 bits per heavy atom. The summed E-state index contributed by atoms with van der Waals surface area (Å²) in [6.07, 6.45) is 1.63. The first-order valence-electron chi connectivity index (χ1n) is 12.0. The molecule has 3 heterocycles. The van der Waals surface area contributed by atoms with Crippen LogP contribution in [0.15, 0.2) is 41.3 Å². The van der Waals surface area contributed by atoms with Gasteiger partial charge in [0.15, 0.2) is 0 Å². The Morgan fingerprint density at radius 3 is 2.57 bits per heavy atom. The van der Waals surface area contributed by atoms with Crippen LogP contribution in [0.1, 0.15) is 0 Å². The van der Waals surface area contributed by atoms with E-state index in [1.165, 1.54) is 4.57 Å². The maximum atomic E-state index is 15.3. The van der Waals surface area contributed by atoms with Gasteiger partial charge in [0, 0.05) is 57.4 Å². The number of urea groups is 1. The minimum absolute atomic E-state index is 0.0377. The number of carbonyl (C=O) groups excluding carboxylic acids is 1. The summed E-state index contributed by atoms with van der Waals surface area (Å²) in [4.78, 5) is 33.5. The highest BCUT2D eigenvalue weighted by molar-refractivity contribution is 6.04. The average molecular weight is 511 g/mol. The van der Waals surface area contributed by atoms with Crippen LogP contribution < -0.4 is 11.0 Å². The van der Waals surface area contributed by atoms with Crippen LogP contribution in [0.3, 0.4) is 0 Å². The second-order valence-corrected chi connectivity index (χ2v) is 9.24. The lowest BCUT2D eigenvalue weighted by atomic mass is 10.0. The van der Waals surface area contributed by atoms with E-state index >= 15 is 8.78 Å². The molecule has 2 amide bonds. The molecule has 4 aromatic rings. The van der Waals surface area contributed by atoms with Gasteiger partial charge in [-0.05, 0) is 30.8 Å². The third kappa shape index (κ3) is 4.56. The number of piperazine rings is 1. The number of methoxy groups -OCH3 is 1. The highest BCUT2D eigenvalue weighted by atomic mass is 19.1. The summed E-state index contributed by atoms with van der Waals surface area (Å²) in [6, 6.07) is 6.68. The van der Waals surface area contributed by atoms with Crippen LogP contribution in [0, 0.1) is 11.6 Å². The van der Waals surface area contributed by atoms with Crippen LogP contribution >= 0.6 is 0 Å². The number of halogens is 2. The summed E-state index contributed by atoms with van der Waals surface area (Å²) in [5.41, 5.74) is 1.91. The summed E-state index contributed by atoms with van der Waals surface area (Å²) in [5, 5.41) is 3.13. The molecular weight excluding hydrogens is 482 g/mol. The summed E-state index contributed by atoms with van der Waals surface area (Å²) in [7, 11) is 5.19. The van der Waals surface area contributed by atoms with Crippen molar-refractivity contribution >= 4 is 33.7 Å². The van der Waals surface area contributed by atoms with E-state index in [1.54, 1.807) is 48.0 Å². The van der Waals surface area contributed by atoms with E-state index in [0.29, 0.717) is 66.8 Å². The topological polar surface area (TPSA) is 84.6 Å². The van der Waals surface area contributed by atoms with Crippen molar-refractivity contribution in [1.29, 1.82) is 0 Å². The van der Waals surface area contributed by atoms with Crippen LogP contribution in [-0.2, 0) is 18.3 Å². The lowest BCUT2D eigenvalue weighted by molar-refractivity contribution is 0.164. The maximum absolute atomic E-state index is 15.3. The number of benzene rings is 2. The Balaban J connectivity index is 1.52. The number of hydrogen-bond acceptors (Lipinski definition) is 5. The van der Waals surface area contributed by atoms with E-state index in [0.717, 1.165) is 12.1 Å². The van der Waals surface area contributed by atoms with Gasteiger partial charge in [-0.2, -0.15) is 0 Å². The molecule has 0 radical (unpaired) electrons. The number of hydrogen-bond donors (Lipinski definition) is 1. The fourth-order valence-corrected chi connectivity index (χ4v) is 4.70. The zero-order chi connectivity index (χ0) is 26.3. The van der Waals surface area contributed by atoms with Crippen molar-refractivity contribution in [2.75, 3.05) is 52.3 Å². The Labute approximate surface area is 211 Å². The molecule has 9 nitrogen and oxygen atoms in total. The third-order valence-corrected chi connectivity index (χ3v) is 6.89. The number of pyridine rings is 1. The highest BCUT2D eigenvalue weighted by Crippen LogP contribution is 2.32. The Kier molecular flexibility index (Phi) is 6.65. The van der Waals surface area contributed by atoms with Crippen molar-refractivity contribution in [1.82, 2.24) is 23.9 Å². The highest BCUT2D eigenvalue weighted by Gasteiger charge is 2.22. The largest absolute Gasteiger partial charge is 0.383 e. The van der Waals surface area contributed by atoms with Gasteiger partial charge in [-0.25, -0.2) is 18.4 Å². The molecule has 2 aromatic heterocycles. The number of rotatable bonds is 5. The van der Waals surface area contributed by atoms with E-state index in [9.17, 15) is 9.59 Å². The molecule has 37 heavy (non-hydrogen) atoms. The zero-order valence-corrected chi connectivity index (χ0v) is 20.9. The smallest absolute Gasteiger partial charge is 0.328 e. The van der Waals surface area contributed by atoms with Crippen LogP contribution in [0.2, 0.25) is 0 Å². The van der Waals surface area contributed by atoms with Gasteiger partial charge < -0.3 is 19.9 Å². The molecule has 1 N–H and O–H groups in total. The van der Waals surface area contributed by atoms with Gasteiger partial charge in [0.1, 0.15) is 11.6 Å². The van der Waals surface area contributed by atoms with Gasteiger partial charge in [0.25, 0.3) is 0 Å². The number of nitrogens with one attached hydrogen (secondary N) is 1. The number of ether oxygens (including phenoxy) is 1. The van der Waals surface area contributed by atoms with E-state index in [4.69, 9.17) is 4.74 Å². The fraction of sp³-hybridized carbons (Fsp3) is 0.346. The SMILES string of the molecule is COCCn1c(=O)n(C)c2cnc3ccc(-c4cc(F)c(NC(=O)N5CCN(C)CC5)cc4F)cc3c21. The van der Waals surface area contributed by atoms with E-state index in [-0.39, 0.29) is 16.9 Å². The molecule has 1 aliphatic heterocycles. The van der Waals surface area contributed by atoms with Crippen LogP contribution in [0.25, 0.3) is 33.1 Å². The first kappa shape index (κ1) is 24.8. The Morgan fingerprint density at radius 1 is 1.08 bits per heavy atom. The number of likely N-dealkylation sites (N-methyl/N-ethyl adjacent to an activating group) is 1. The third-order valence-electron chi connectivity index (χ3n) is 6.89. The molecular formula is C26H28F2N6O3. The zero-order valence-electron chi connectivity index (χ0n) is 20.9. The lowest BCUT2D eigenvalue weighted by Gasteiger charge is -2.32. The normalized spacial score (nSPS) is 14.6. The molecule has 1 aliphatic rings. The van der Waals surface area contributed by atoms with Gasteiger partial charge in [-0.1, -0.05) is 6.07 Å². The molecule has 0 spiro atoms. The number of fused-ring (bicyclic) bond motifs is 3. The predicted molar refractivity (Wildman–Crippen MR) is 138 cm³/mol. The molecule has 1 saturated heterocycles. The fourth-order valence-electron chi connectivity index (χ4n) is 4.70. The summed E-state index contributed by atoms with van der Waals surface area (Å²) >= 11 is 0. The van der Waals surface area contributed by atoms with Crippen molar-refractivity contribution in [3.05, 3.63) is 58.6 Å². The quantitative estimate of drug-likeness (QED) is 0.446. The van der Waals surface area contributed by atoms with E-state index in [1.807, 2.05) is 7.05 Å².